The van der Waals surface area contributed by atoms with Gasteiger partial charge >= 0.3 is 0 Å². The average molecular weight is 341 g/mol. The van der Waals surface area contributed by atoms with Gasteiger partial charge in [0.2, 0.25) is 11.9 Å². The van der Waals surface area contributed by atoms with Gasteiger partial charge in [-0.05, 0) is 37.1 Å². The second-order valence-corrected chi connectivity index (χ2v) is 6.14. The number of anilines is 1. The maximum absolute atomic E-state index is 12.6. The SMILES string of the molecule is O=C(CC1(n2cccc2)CCOCC1)Nc1n[nH]c(-c2ccco2)n1. The van der Waals surface area contributed by atoms with Crippen LogP contribution in [0.5, 0.6) is 0 Å². The first-order valence-electron chi connectivity index (χ1n) is 8.23. The molecule has 25 heavy (non-hydrogen) atoms. The predicted molar refractivity (Wildman–Crippen MR) is 89.8 cm³/mol. The highest BCUT2D eigenvalue weighted by atomic mass is 16.5. The molecule has 2 N–H and O–H groups in total. The summed E-state index contributed by atoms with van der Waals surface area (Å²) >= 11 is 0. The molecular weight excluding hydrogens is 322 g/mol. The van der Waals surface area contributed by atoms with Crippen LogP contribution in [0.4, 0.5) is 5.95 Å². The van der Waals surface area contributed by atoms with Crippen molar-refractivity contribution in [1.29, 1.82) is 0 Å². The smallest absolute Gasteiger partial charge is 0.249 e. The number of aromatic nitrogens is 4. The summed E-state index contributed by atoms with van der Waals surface area (Å²) in [6.45, 7) is 1.30. The van der Waals surface area contributed by atoms with Crippen LogP contribution in [0.25, 0.3) is 11.6 Å². The Morgan fingerprint density at radius 1 is 1.28 bits per heavy atom. The van der Waals surface area contributed by atoms with E-state index in [0.717, 1.165) is 12.8 Å². The van der Waals surface area contributed by atoms with Gasteiger partial charge in [-0.25, -0.2) is 0 Å². The lowest BCUT2D eigenvalue weighted by atomic mass is 9.86. The van der Waals surface area contributed by atoms with Crippen molar-refractivity contribution >= 4 is 11.9 Å². The van der Waals surface area contributed by atoms with Gasteiger partial charge in [0.05, 0.1) is 18.2 Å². The molecule has 1 fully saturated rings. The zero-order valence-corrected chi connectivity index (χ0v) is 13.6. The summed E-state index contributed by atoms with van der Waals surface area (Å²) < 4.78 is 12.9. The van der Waals surface area contributed by atoms with Gasteiger partial charge in [0.1, 0.15) is 0 Å². The van der Waals surface area contributed by atoms with Crippen molar-refractivity contribution < 1.29 is 13.9 Å². The van der Waals surface area contributed by atoms with Gasteiger partial charge in [0.15, 0.2) is 11.6 Å². The number of aromatic amines is 1. The lowest BCUT2D eigenvalue weighted by Crippen LogP contribution is -2.42. The van der Waals surface area contributed by atoms with E-state index < -0.39 is 0 Å². The molecule has 0 spiro atoms. The Labute approximate surface area is 144 Å². The van der Waals surface area contributed by atoms with E-state index in [1.165, 1.54) is 0 Å². The van der Waals surface area contributed by atoms with Crippen molar-refractivity contribution in [1.82, 2.24) is 19.7 Å². The van der Waals surface area contributed by atoms with Crippen LogP contribution in [0, 0.1) is 0 Å². The van der Waals surface area contributed by atoms with E-state index in [4.69, 9.17) is 9.15 Å². The molecule has 0 radical (unpaired) electrons. The number of carbonyl (C=O) groups excluding carboxylic acids is 1. The minimum Gasteiger partial charge on any atom is -0.461 e. The summed E-state index contributed by atoms with van der Waals surface area (Å²) in [6.07, 6.45) is 7.49. The number of nitrogens with one attached hydrogen (secondary N) is 2. The number of H-pyrrole nitrogens is 1. The molecule has 0 bridgehead atoms. The van der Waals surface area contributed by atoms with Crippen LogP contribution in [0.2, 0.25) is 0 Å². The monoisotopic (exact) mass is 341 g/mol. The Kier molecular flexibility index (Phi) is 4.10. The van der Waals surface area contributed by atoms with E-state index in [1.54, 1.807) is 18.4 Å². The van der Waals surface area contributed by atoms with E-state index >= 15 is 0 Å². The molecular formula is C17H19N5O3. The summed E-state index contributed by atoms with van der Waals surface area (Å²) in [5.41, 5.74) is -0.272. The average Bonchev–Trinajstić information content (AvgIpc) is 3.37. The first kappa shape index (κ1) is 15.6. The van der Waals surface area contributed by atoms with Crippen molar-refractivity contribution in [2.24, 2.45) is 0 Å². The number of carbonyl (C=O) groups is 1. The molecule has 0 unspecified atom stereocenters. The van der Waals surface area contributed by atoms with E-state index in [2.05, 4.69) is 25.1 Å². The molecule has 4 rings (SSSR count). The summed E-state index contributed by atoms with van der Waals surface area (Å²) in [6, 6.07) is 7.48. The van der Waals surface area contributed by atoms with E-state index in [-0.39, 0.29) is 17.4 Å². The summed E-state index contributed by atoms with van der Waals surface area (Å²) in [4.78, 5) is 16.8. The third-order valence-corrected chi connectivity index (χ3v) is 4.56. The maximum Gasteiger partial charge on any atom is 0.249 e. The molecule has 0 saturated carbocycles. The van der Waals surface area contributed by atoms with Crippen LogP contribution >= 0.6 is 0 Å². The minimum absolute atomic E-state index is 0.124. The lowest BCUT2D eigenvalue weighted by Gasteiger charge is -2.38. The molecule has 0 atom stereocenters. The zero-order valence-electron chi connectivity index (χ0n) is 13.6. The van der Waals surface area contributed by atoms with Gasteiger partial charge in [-0.3, -0.25) is 15.2 Å². The Morgan fingerprint density at radius 2 is 2.08 bits per heavy atom. The highest BCUT2D eigenvalue weighted by Gasteiger charge is 2.36. The van der Waals surface area contributed by atoms with Crippen molar-refractivity contribution in [3.05, 3.63) is 42.9 Å². The number of ether oxygens (including phenoxy) is 1. The quantitative estimate of drug-likeness (QED) is 0.742. The van der Waals surface area contributed by atoms with Crippen LogP contribution in [0.3, 0.4) is 0 Å². The third kappa shape index (κ3) is 3.20. The lowest BCUT2D eigenvalue weighted by molar-refractivity contribution is -0.119. The fourth-order valence-corrected chi connectivity index (χ4v) is 3.24. The summed E-state index contributed by atoms with van der Waals surface area (Å²) in [7, 11) is 0. The Morgan fingerprint density at radius 3 is 2.80 bits per heavy atom. The van der Waals surface area contributed by atoms with Gasteiger partial charge in [-0.15, -0.1) is 5.10 Å². The molecule has 4 heterocycles. The van der Waals surface area contributed by atoms with Crippen LogP contribution in [0.1, 0.15) is 19.3 Å². The zero-order chi connectivity index (χ0) is 17.1. The van der Waals surface area contributed by atoms with Crippen molar-refractivity contribution in [2.75, 3.05) is 18.5 Å². The van der Waals surface area contributed by atoms with E-state index in [1.807, 2.05) is 24.5 Å². The number of amides is 1. The van der Waals surface area contributed by atoms with Crippen LogP contribution < -0.4 is 5.32 Å². The first-order valence-corrected chi connectivity index (χ1v) is 8.23. The van der Waals surface area contributed by atoms with Crippen molar-refractivity contribution in [3.63, 3.8) is 0 Å². The van der Waals surface area contributed by atoms with Crippen molar-refractivity contribution in [2.45, 2.75) is 24.8 Å². The highest BCUT2D eigenvalue weighted by molar-refractivity contribution is 5.89. The standard InChI is InChI=1S/C17H19N5O3/c23-14(18-16-19-15(20-21-16)13-4-3-9-25-13)12-17(5-10-24-11-6-17)22-7-1-2-8-22/h1-4,7-9H,5-6,10-12H2,(H2,18,19,20,21,23). The van der Waals surface area contributed by atoms with Gasteiger partial charge in [-0.1, -0.05) is 0 Å². The molecule has 1 saturated heterocycles. The molecule has 1 amide bonds. The normalized spacial score (nSPS) is 16.6. The van der Waals surface area contributed by atoms with Crippen molar-refractivity contribution in [3.8, 4) is 11.6 Å². The molecule has 8 nitrogen and oxygen atoms in total. The van der Waals surface area contributed by atoms with E-state index in [9.17, 15) is 4.79 Å². The van der Waals surface area contributed by atoms with Gasteiger partial charge in [-0.2, -0.15) is 4.98 Å². The Bertz CT molecular complexity index is 816. The second kappa shape index (κ2) is 6.56. The first-order chi connectivity index (χ1) is 12.3. The molecule has 3 aromatic rings. The fourth-order valence-electron chi connectivity index (χ4n) is 3.24. The predicted octanol–water partition coefficient (Wildman–Crippen LogP) is 2.40. The molecule has 1 aliphatic heterocycles. The number of rotatable bonds is 5. The van der Waals surface area contributed by atoms with Crippen LogP contribution in [-0.4, -0.2) is 38.9 Å². The van der Waals surface area contributed by atoms with Gasteiger partial charge in [0, 0.05) is 25.6 Å². The molecule has 130 valence electrons. The summed E-state index contributed by atoms with van der Waals surface area (Å²) in [5, 5.41) is 9.56. The third-order valence-electron chi connectivity index (χ3n) is 4.56. The summed E-state index contributed by atoms with van der Waals surface area (Å²) in [5.74, 6) is 1.17. The number of furan rings is 1. The number of hydrogen-bond donors (Lipinski definition) is 2. The number of nitrogens with zero attached hydrogens (tertiary/aromatic N) is 3. The fraction of sp³-hybridized carbons (Fsp3) is 0.353. The van der Waals surface area contributed by atoms with Gasteiger partial charge < -0.3 is 13.7 Å². The van der Waals surface area contributed by atoms with Crippen LogP contribution in [-0.2, 0) is 15.1 Å². The molecule has 3 aromatic heterocycles. The molecule has 0 aromatic carbocycles. The molecule has 1 aliphatic rings. The maximum atomic E-state index is 12.6. The van der Waals surface area contributed by atoms with Crippen LogP contribution in [0.15, 0.2) is 47.3 Å². The highest BCUT2D eigenvalue weighted by Crippen LogP contribution is 2.33. The molecule has 8 heteroatoms. The topological polar surface area (TPSA) is 98.0 Å². The number of hydrogen-bond acceptors (Lipinski definition) is 5. The minimum atomic E-state index is -0.272. The second-order valence-electron chi connectivity index (χ2n) is 6.14. The Balaban J connectivity index is 1.47. The largest absolute Gasteiger partial charge is 0.461 e. The van der Waals surface area contributed by atoms with E-state index in [0.29, 0.717) is 31.2 Å². The Hall–Kier alpha value is -2.87. The van der Waals surface area contributed by atoms with Gasteiger partial charge in [0.25, 0.3) is 0 Å². The molecule has 0 aliphatic carbocycles.